The normalized spacial score (nSPS) is 14.7. The van der Waals surface area contributed by atoms with Gasteiger partial charge >= 0.3 is 6.18 Å². The van der Waals surface area contributed by atoms with Crippen LogP contribution in [-0.2, 0) is 29.3 Å². The maximum Gasteiger partial charge on any atom is 0.416 e. The molecule has 3 aromatic rings. The molecule has 0 bridgehead atoms. The molecule has 0 spiro atoms. The number of benzene rings is 2. The van der Waals surface area contributed by atoms with Crippen molar-refractivity contribution in [2.24, 2.45) is 0 Å². The standard InChI is InChI=1S/C19H15F3N4O2S/c20-19(21,22)15-3-1-2-13(8-15)12-4-6-16(7-5-12)29(27,28)26-10-14-9-24-18(23)25-17(14)11-26/h1-9H,10-11H2,(H2,23,24,25). The van der Waals surface area contributed by atoms with Gasteiger partial charge in [-0.15, -0.1) is 0 Å². The van der Waals surface area contributed by atoms with Crippen molar-refractivity contribution in [1.29, 1.82) is 0 Å². The Morgan fingerprint density at radius 3 is 2.41 bits per heavy atom. The summed E-state index contributed by atoms with van der Waals surface area (Å²) in [5.41, 5.74) is 6.86. The number of sulfonamides is 1. The molecule has 6 nitrogen and oxygen atoms in total. The third-order valence-corrected chi connectivity index (χ3v) is 6.47. The van der Waals surface area contributed by atoms with E-state index in [2.05, 4.69) is 9.97 Å². The second-order valence-corrected chi connectivity index (χ2v) is 8.51. The molecule has 1 aromatic heterocycles. The fourth-order valence-corrected chi connectivity index (χ4v) is 4.53. The first kappa shape index (κ1) is 19.3. The van der Waals surface area contributed by atoms with E-state index >= 15 is 0 Å². The van der Waals surface area contributed by atoms with Crippen LogP contribution in [0.2, 0.25) is 0 Å². The summed E-state index contributed by atoms with van der Waals surface area (Å²) in [6.45, 7) is 0.215. The number of nitrogen functional groups attached to an aromatic ring is 1. The number of fused-ring (bicyclic) bond motifs is 1. The second-order valence-electron chi connectivity index (χ2n) is 6.58. The zero-order chi connectivity index (χ0) is 20.8. The molecular weight excluding hydrogens is 405 g/mol. The van der Waals surface area contributed by atoms with Crippen LogP contribution in [0.4, 0.5) is 19.1 Å². The van der Waals surface area contributed by atoms with Crippen molar-refractivity contribution in [2.45, 2.75) is 24.2 Å². The van der Waals surface area contributed by atoms with Gasteiger partial charge in [-0.05, 0) is 35.4 Å². The molecule has 150 valence electrons. The van der Waals surface area contributed by atoms with E-state index in [9.17, 15) is 21.6 Å². The molecule has 0 unspecified atom stereocenters. The Morgan fingerprint density at radius 2 is 1.72 bits per heavy atom. The molecule has 0 radical (unpaired) electrons. The van der Waals surface area contributed by atoms with E-state index in [-0.39, 0.29) is 23.9 Å². The lowest BCUT2D eigenvalue weighted by atomic mass is 10.0. The van der Waals surface area contributed by atoms with Gasteiger partial charge < -0.3 is 5.73 Å². The Kier molecular flexibility index (Phi) is 4.55. The largest absolute Gasteiger partial charge is 0.416 e. The molecule has 2 heterocycles. The Morgan fingerprint density at radius 1 is 1.00 bits per heavy atom. The van der Waals surface area contributed by atoms with Crippen LogP contribution in [0.5, 0.6) is 0 Å². The number of hydrogen-bond donors (Lipinski definition) is 1. The molecule has 2 N–H and O–H groups in total. The lowest BCUT2D eigenvalue weighted by Crippen LogP contribution is -2.25. The molecule has 0 fully saturated rings. The maximum atomic E-state index is 12.9. The molecule has 29 heavy (non-hydrogen) atoms. The van der Waals surface area contributed by atoms with E-state index in [0.29, 0.717) is 22.4 Å². The van der Waals surface area contributed by atoms with E-state index in [1.54, 1.807) is 6.07 Å². The lowest BCUT2D eigenvalue weighted by molar-refractivity contribution is -0.137. The van der Waals surface area contributed by atoms with Crippen LogP contribution in [0, 0.1) is 0 Å². The first-order valence-electron chi connectivity index (χ1n) is 8.53. The average molecular weight is 420 g/mol. The van der Waals surface area contributed by atoms with E-state index < -0.39 is 21.8 Å². The average Bonchev–Trinajstić information content (AvgIpc) is 3.11. The van der Waals surface area contributed by atoms with Crippen molar-refractivity contribution in [2.75, 3.05) is 5.73 Å². The minimum absolute atomic E-state index is 0.0435. The summed E-state index contributed by atoms with van der Waals surface area (Å²) in [4.78, 5) is 7.98. The molecule has 4 rings (SSSR count). The Bertz CT molecular complexity index is 1180. The highest BCUT2D eigenvalue weighted by molar-refractivity contribution is 7.89. The lowest BCUT2D eigenvalue weighted by Gasteiger charge is -2.16. The zero-order valence-corrected chi connectivity index (χ0v) is 15.7. The van der Waals surface area contributed by atoms with Crippen molar-refractivity contribution < 1.29 is 21.6 Å². The SMILES string of the molecule is Nc1ncc2c(n1)CN(S(=O)(=O)c1ccc(-c3cccc(C(F)(F)F)c3)cc1)C2. The van der Waals surface area contributed by atoms with Crippen LogP contribution >= 0.6 is 0 Å². The highest BCUT2D eigenvalue weighted by Gasteiger charge is 2.32. The molecule has 10 heteroatoms. The smallest absolute Gasteiger partial charge is 0.368 e. The van der Waals surface area contributed by atoms with Crippen molar-refractivity contribution in [3.63, 3.8) is 0 Å². The molecule has 1 aliphatic rings. The summed E-state index contributed by atoms with van der Waals surface area (Å²) in [5.74, 6) is 0.0773. The fourth-order valence-electron chi connectivity index (χ4n) is 3.15. The number of halogens is 3. The molecule has 0 amide bonds. The number of rotatable bonds is 3. The summed E-state index contributed by atoms with van der Waals surface area (Å²) < 4.78 is 65.8. The number of anilines is 1. The van der Waals surface area contributed by atoms with E-state index in [4.69, 9.17) is 5.73 Å². The van der Waals surface area contributed by atoms with Crippen LogP contribution in [0.15, 0.2) is 59.6 Å². The number of hydrogen-bond acceptors (Lipinski definition) is 5. The second kappa shape index (κ2) is 6.82. The van der Waals surface area contributed by atoms with Gasteiger partial charge in [0.25, 0.3) is 0 Å². The van der Waals surface area contributed by atoms with Gasteiger partial charge in [-0.2, -0.15) is 17.5 Å². The highest BCUT2D eigenvalue weighted by Crippen LogP contribution is 2.33. The van der Waals surface area contributed by atoms with Gasteiger partial charge in [-0.3, -0.25) is 0 Å². The van der Waals surface area contributed by atoms with Crippen LogP contribution in [0.25, 0.3) is 11.1 Å². The van der Waals surface area contributed by atoms with Crippen molar-refractivity contribution in [1.82, 2.24) is 14.3 Å². The first-order chi connectivity index (χ1) is 13.6. The summed E-state index contributed by atoms with van der Waals surface area (Å²) in [6.07, 6.45) is -2.94. The van der Waals surface area contributed by atoms with Gasteiger partial charge in [0, 0.05) is 18.3 Å². The molecule has 0 aliphatic carbocycles. The summed E-state index contributed by atoms with van der Waals surface area (Å²) >= 11 is 0. The third-order valence-electron chi connectivity index (χ3n) is 4.66. The Hall–Kier alpha value is -2.98. The van der Waals surface area contributed by atoms with E-state index in [1.165, 1.54) is 40.8 Å². The van der Waals surface area contributed by atoms with Gasteiger partial charge in [0.2, 0.25) is 16.0 Å². The molecule has 0 saturated carbocycles. The fraction of sp³-hybridized carbons (Fsp3) is 0.158. The minimum Gasteiger partial charge on any atom is -0.368 e. The summed E-state index contributed by atoms with van der Waals surface area (Å²) in [6, 6.07) is 10.6. The zero-order valence-electron chi connectivity index (χ0n) is 14.9. The predicted molar refractivity (Wildman–Crippen MR) is 99.8 cm³/mol. The van der Waals surface area contributed by atoms with E-state index in [1.807, 2.05) is 0 Å². The molecule has 2 aromatic carbocycles. The van der Waals surface area contributed by atoms with Gasteiger partial charge in [0.05, 0.1) is 22.7 Å². The van der Waals surface area contributed by atoms with Gasteiger partial charge in [-0.25, -0.2) is 18.4 Å². The van der Waals surface area contributed by atoms with Crippen molar-refractivity contribution in [3.8, 4) is 11.1 Å². The van der Waals surface area contributed by atoms with Gasteiger partial charge in [0.1, 0.15) is 0 Å². The quantitative estimate of drug-likeness (QED) is 0.701. The molecule has 0 saturated heterocycles. The number of nitrogens with zero attached hydrogens (tertiary/aromatic N) is 3. The van der Waals surface area contributed by atoms with Crippen LogP contribution in [0.3, 0.4) is 0 Å². The van der Waals surface area contributed by atoms with Crippen molar-refractivity contribution in [3.05, 3.63) is 71.5 Å². The number of nitrogens with two attached hydrogens (primary N) is 1. The Labute approximate surface area is 164 Å². The van der Waals surface area contributed by atoms with Gasteiger partial charge in [0.15, 0.2) is 0 Å². The number of alkyl halides is 3. The minimum atomic E-state index is -4.45. The molecule has 1 aliphatic heterocycles. The van der Waals surface area contributed by atoms with Crippen LogP contribution in [-0.4, -0.2) is 22.7 Å². The summed E-state index contributed by atoms with van der Waals surface area (Å²) in [7, 11) is -3.80. The van der Waals surface area contributed by atoms with Gasteiger partial charge in [-0.1, -0.05) is 24.3 Å². The summed E-state index contributed by atoms with van der Waals surface area (Å²) in [5, 5.41) is 0. The van der Waals surface area contributed by atoms with E-state index in [0.717, 1.165) is 12.1 Å². The van der Waals surface area contributed by atoms with Crippen LogP contribution < -0.4 is 5.73 Å². The topological polar surface area (TPSA) is 89.2 Å². The maximum absolute atomic E-state index is 12.9. The molecular formula is C19H15F3N4O2S. The van der Waals surface area contributed by atoms with Crippen LogP contribution in [0.1, 0.15) is 16.8 Å². The highest BCUT2D eigenvalue weighted by atomic mass is 32.2. The Balaban J connectivity index is 1.60. The first-order valence-corrected chi connectivity index (χ1v) is 9.97. The monoisotopic (exact) mass is 420 g/mol. The third kappa shape index (κ3) is 3.68. The number of aromatic nitrogens is 2. The molecule has 0 atom stereocenters. The van der Waals surface area contributed by atoms with Crippen molar-refractivity contribution >= 4 is 16.0 Å². The predicted octanol–water partition coefficient (Wildman–Crippen LogP) is 3.45.